The molecule has 0 aliphatic carbocycles. The maximum absolute atomic E-state index is 12.8. The lowest BCUT2D eigenvalue weighted by atomic mass is 10.0. The molecule has 0 radical (unpaired) electrons. The Hall–Kier alpha value is -1.85. The van der Waals surface area contributed by atoms with E-state index in [0.29, 0.717) is 28.9 Å². The average Bonchev–Trinajstić information content (AvgIpc) is 3.04. The van der Waals surface area contributed by atoms with Gasteiger partial charge in [0.2, 0.25) is 0 Å². The molecule has 0 spiro atoms. The van der Waals surface area contributed by atoms with Gasteiger partial charge in [0, 0.05) is 29.7 Å². The molecule has 1 saturated heterocycles. The molecule has 1 atom stereocenters. The van der Waals surface area contributed by atoms with Crippen molar-refractivity contribution >= 4 is 17.5 Å². The quantitative estimate of drug-likeness (QED) is 0.945. The summed E-state index contributed by atoms with van der Waals surface area (Å²) in [6.07, 6.45) is 3.52. The lowest BCUT2D eigenvalue weighted by Gasteiger charge is -2.32. The summed E-state index contributed by atoms with van der Waals surface area (Å²) in [4.78, 5) is 14.6. The molecule has 3 rings (SSSR count). The summed E-state index contributed by atoms with van der Waals surface area (Å²) in [5.41, 5.74) is 1.89. The van der Waals surface area contributed by atoms with Gasteiger partial charge in [-0.05, 0) is 32.0 Å². The number of rotatable bonds is 3. The van der Waals surface area contributed by atoms with E-state index in [1.807, 2.05) is 24.1 Å². The number of halogens is 1. The largest absolute Gasteiger partial charge is 0.363 e. The Labute approximate surface area is 134 Å². The first-order valence-electron chi connectivity index (χ1n) is 7.36. The summed E-state index contributed by atoms with van der Waals surface area (Å²) in [6, 6.07) is 7.57. The standard InChI is InChI=1S/C16H18ClN3O2/c1-18-13-3-2-8-20(9-13)16(21)14-10-22-19-15(14)11-4-6-12(17)7-5-11/h4-7,10,13,18H,2-3,8-9H2,1H3. The SMILES string of the molecule is CNC1CCCN(C(=O)c2conc2-c2ccc(Cl)cc2)C1. The Bertz CT molecular complexity index is 654. The fourth-order valence-electron chi connectivity index (χ4n) is 2.77. The number of hydrogen-bond acceptors (Lipinski definition) is 4. The highest BCUT2D eigenvalue weighted by atomic mass is 35.5. The van der Waals surface area contributed by atoms with Gasteiger partial charge in [-0.25, -0.2) is 0 Å². The number of nitrogens with one attached hydrogen (secondary N) is 1. The lowest BCUT2D eigenvalue weighted by molar-refractivity contribution is 0.0698. The van der Waals surface area contributed by atoms with Crippen LogP contribution in [0.4, 0.5) is 0 Å². The highest BCUT2D eigenvalue weighted by Gasteiger charge is 2.27. The van der Waals surface area contributed by atoms with Crippen LogP contribution in [0.5, 0.6) is 0 Å². The van der Waals surface area contributed by atoms with Crippen LogP contribution < -0.4 is 5.32 Å². The fourth-order valence-corrected chi connectivity index (χ4v) is 2.90. The van der Waals surface area contributed by atoms with Crippen molar-refractivity contribution in [3.63, 3.8) is 0 Å². The van der Waals surface area contributed by atoms with Crippen LogP contribution in [-0.4, -0.2) is 42.1 Å². The van der Waals surface area contributed by atoms with E-state index in [9.17, 15) is 4.79 Å². The van der Waals surface area contributed by atoms with Crippen molar-refractivity contribution < 1.29 is 9.32 Å². The summed E-state index contributed by atoms with van der Waals surface area (Å²) < 4.78 is 5.05. The summed E-state index contributed by atoms with van der Waals surface area (Å²) >= 11 is 5.90. The van der Waals surface area contributed by atoms with Gasteiger partial charge in [-0.15, -0.1) is 0 Å². The number of hydrogen-bond donors (Lipinski definition) is 1. The Kier molecular flexibility index (Phi) is 4.45. The van der Waals surface area contributed by atoms with Crippen molar-refractivity contribution in [1.29, 1.82) is 0 Å². The number of amides is 1. The Morgan fingerprint density at radius 1 is 1.41 bits per heavy atom. The predicted molar refractivity (Wildman–Crippen MR) is 84.9 cm³/mol. The van der Waals surface area contributed by atoms with Gasteiger partial charge < -0.3 is 14.7 Å². The average molecular weight is 320 g/mol. The van der Waals surface area contributed by atoms with Crippen molar-refractivity contribution in [1.82, 2.24) is 15.4 Å². The zero-order valence-corrected chi connectivity index (χ0v) is 13.1. The van der Waals surface area contributed by atoms with E-state index in [-0.39, 0.29) is 5.91 Å². The minimum atomic E-state index is -0.0360. The third-order valence-electron chi connectivity index (χ3n) is 4.03. The van der Waals surface area contributed by atoms with Crippen LogP contribution in [0.2, 0.25) is 5.02 Å². The number of likely N-dealkylation sites (tertiary alicyclic amines) is 1. The first-order valence-corrected chi connectivity index (χ1v) is 7.73. The topological polar surface area (TPSA) is 58.4 Å². The number of aromatic nitrogens is 1. The highest BCUT2D eigenvalue weighted by Crippen LogP contribution is 2.25. The third kappa shape index (κ3) is 3.00. The number of carbonyl (C=O) groups is 1. The Morgan fingerprint density at radius 2 is 2.18 bits per heavy atom. The number of carbonyl (C=O) groups excluding carboxylic acids is 1. The molecule has 1 aliphatic rings. The normalized spacial score (nSPS) is 18.5. The van der Waals surface area contributed by atoms with Crippen LogP contribution in [0.3, 0.4) is 0 Å². The summed E-state index contributed by atoms with van der Waals surface area (Å²) in [7, 11) is 1.93. The van der Waals surface area contributed by atoms with Crippen molar-refractivity contribution in [2.75, 3.05) is 20.1 Å². The van der Waals surface area contributed by atoms with Gasteiger partial charge in [-0.2, -0.15) is 0 Å². The predicted octanol–water partition coefficient (Wildman–Crippen LogP) is 2.82. The smallest absolute Gasteiger partial charge is 0.259 e. The Morgan fingerprint density at radius 3 is 2.91 bits per heavy atom. The minimum absolute atomic E-state index is 0.0360. The van der Waals surface area contributed by atoms with Crippen LogP contribution in [-0.2, 0) is 0 Å². The minimum Gasteiger partial charge on any atom is -0.363 e. The van der Waals surface area contributed by atoms with Crippen LogP contribution >= 0.6 is 11.6 Å². The van der Waals surface area contributed by atoms with Gasteiger partial charge >= 0.3 is 0 Å². The second kappa shape index (κ2) is 6.50. The molecular formula is C16H18ClN3O2. The molecule has 2 heterocycles. The molecule has 1 amide bonds. The molecule has 1 unspecified atom stereocenters. The molecule has 1 fully saturated rings. The molecule has 22 heavy (non-hydrogen) atoms. The van der Waals surface area contributed by atoms with Gasteiger partial charge in [-0.3, -0.25) is 4.79 Å². The fraction of sp³-hybridized carbons (Fsp3) is 0.375. The second-order valence-corrected chi connectivity index (χ2v) is 5.90. The van der Waals surface area contributed by atoms with Crippen molar-refractivity contribution in [2.45, 2.75) is 18.9 Å². The molecule has 1 aromatic heterocycles. The molecule has 5 nitrogen and oxygen atoms in total. The van der Waals surface area contributed by atoms with E-state index in [1.54, 1.807) is 12.1 Å². The number of likely N-dealkylation sites (N-methyl/N-ethyl adjacent to an activating group) is 1. The van der Waals surface area contributed by atoms with Gasteiger partial charge in [0.1, 0.15) is 17.5 Å². The maximum Gasteiger partial charge on any atom is 0.259 e. The molecule has 6 heteroatoms. The summed E-state index contributed by atoms with van der Waals surface area (Å²) in [6.45, 7) is 1.48. The van der Waals surface area contributed by atoms with E-state index in [4.69, 9.17) is 16.1 Å². The van der Waals surface area contributed by atoms with Gasteiger partial charge in [0.15, 0.2) is 0 Å². The summed E-state index contributed by atoms with van der Waals surface area (Å²) in [5.74, 6) is -0.0360. The van der Waals surface area contributed by atoms with Crippen molar-refractivity contribution in [3.8, 4) is 11.3 Å². The number of benzene rings is 1. The monoisotopic (exact) mass is 319 g/mol. The zero-order valence-electron chi connectivity index (χ0n) is 12.4. The number of piperidine rings is 1. The van der Waals surface area contributed by atoms with Crippen LogP contribution in [0.15, 0.2) is 35.1 Å². The van der Waals surface area contributed by atoms with E-state index in [2.05, 4.69) is 10.5 Å². The second-order valence-electron chi connectivity index (χ2n) is 5.46. The zero-order chi connectivity index (χ0) is 15.5. The molecule has 0 bridgehead atoms. The first kappa shape index (κ1) is 15.1. The molecular weight excluding hydrogens is 302 g/mol. The van der Waals surface area contributed by atoms with E-state index < -0.39 is 0 Å². The van der Waals surface area contributed by atoms with Gasteiger partial charge in [-0.1, -0.05) is 28.9 Å². The van der Waals surface area contributed by atoms with E-state index >= 15 is 0 Å². The summed E-state index contributed by atoms with van der Waals surface area (Å²) in [5, 5.41) is 7.88. The van der Waals surface area contributed by atoms with Gasteiger partial charge in [0.25, 0.3) is 5.91 Å². The van der Waals surface area contributed by atoms with Crippen LogP contribution in [0, 0.1) is 0 Å². The Balaban J connectivity index is 1.85. The van der Waals surface area contributed by atoms with Crippen LogP contribution in [0.1, 0.15) is 23.2 Å². The first-order chi connectivity index (χ1) is 10.7. The van der Waals surface area contributed by atoms with Crippen LogP contribution in [0.25, 0.3) is 11.3 Å². The molecule has 1 N–H and O–H groups in total. The molecule has 116 valence electrons. The van der Waals surface area contributed by atoms with Gasteiger partial charge in [0.05, 0.1) is 0 Å². The molecule has 2 aromatic rings. The molecule has 1 aliphatic heterocycles. The van der Waals surface area contributed by atoms with Crippen molar-refractivity contribution in [2.24, 2.45) is 0 Å². The van der Waals surface area contributed by atoms with Crippen molar-refractivity contribution in [3.05, 3.63) is 41.1 Å². The third-order valence-corrected chi connectivity index (χ3v) is 4.29. The van der Waals surface area contributed by atoms with E-state index in [1.165, 1.54) is 6.26 Å². The lowest BCUT2D eigenvalue weighted by Crippen LogP contribution is -2.47. The van der Waals surface area contributed by atoms with E-state index in [0.717, 1.165) is 24.9 Å². The molecule has 1 aromatic carbocycles. The number of nitrogens with zero attached hydrogens (tertiary/aromatic N) is 2. The maximum atomic E-state index is 12.8. The highest BCUT2D eigenvalue weighted by molar-refractivity contribution is 6.30. The molecule has 0 saturated carbocycles.